The largest absolute Gasteiger partial charge is 0.298 e. The number of benzene rings is 3. The van der Waals surface area contributed by atoms with Gasteiger partial charge in [-0.3, -0.25) is 10.1 Å². The number of para-hydroxylation sites is 1. The number of aromatic nitrogens is 2. The Morgan fingerprint density at radius 1 is 0.933 bits per heavy atom. The quantitative estimate of drug-likeness (QED) is 0.346. The summed E-state index contributed by atoms with van der Waals surface area (Å²) in [4.78, 5) is 22.5. The number of anilines is 1. The summed E-state index contributed by atoms with van der Waals surface area (Å²) in [5.74, 6) is -0.215. The Morgan fingerprint density at radius 2 is 1.80 bits per heavy atom. The summed E-state index contributed by atoms with van der Waals surface area (Å²) in [6, 6.07) is 23.1. The van der Waals surface area contributed by atoms with Gasteiger partial charge in [0.05, 0.1) is 27.0 Å². The van der Waals surface area contributed by atoms with Crippen molar-refractivity contribution >= 4 is 55.1 Å². The van der Waals surface area contributed by atoms with Gasteiger partial charge in [0.1, 0.15) is 0 Å². The number of aryl methyl sites for hydroxylation is 1. The molecule has 2 aromatic heterocycles. The van der Waals surface area contributed by atoms with Crippen molar-refractivity contribution in [2.75, 3.05) is 5.32 Å². The molecule has 1 N–H and O–H groups in total. The van der Waals surface area contributed by atoms with Gasteiger partial charge in [-0.05, 0) is 43.3 Å². The van der Waals surface area contributed by atoms with Crippen molar-refractivity contribution in [2.24, 2.45) is 0 Å². The van der Waals surface area contributed by atoms with Crippen molar-refractivity contribution in [1.82, 2.24) is 9.97 Å². The lowest BCUT2D eigenvalue weighted by Gasteiger charge is -2.10. The van der Waals surface area contributed by atoms with Crippen molar-refractivity contribution < 1.29 is 4.79 Å². The van der Waals surface area contributed by atoms with E-state index in [1.807, 2.05) is 67.6 Å². The summed E-state index contributed by atoms with van der Waals surface area (Å²) < 4.78 is 0.929. The molecule has 0 saturated carbocycles. The molecule has 0 aliphatic rings. The Labute approximate surface area is 182 Å². The number of carbonyl (C=O) groups excluding carboxylic acids is 1. The van der Waals surface area contributed by atoms with E-state index in [4.69, 9.17) is 16.6 Å². The predicted molar refractivity (Wildman–Crippen MR) is 124 cm³/mol. The molecule has 0 aliphatic carbocycles. The van der Waals surface area contributed by atoms with Gasteiger partial charge < -0.3 is 0 Å². The number of nitrogens with zero attached hydrogens (tertiary/aromatic N) is 2. The van der Waals surface area contributed by atoms with Gasteiger partial charge in [0.15, 0.2) is 5.13 Å². The molecule has 4 nitrogen and oxygen atoms in total. The Bertz CT molecular complexity index is 1430. The average Bonchev–Trinajstić information content (AvgIpc) is 3.14. The fourth-order valence-electron chi connectivity index (χ4n) is 3.43. The second kappa shape index (κ2) is 7.52. The van der Waals surface area contributed by atoms with Crippen LogP contribution in [0.2, 0.25) is 5.02 Å². The van der Waals surface area contributed by atoms with Gasteiger partial charge in [-0.25, -0.2) is 9.97 Å². The van der Waals surface area contributed by atoms with E-state index >= 15 is 0 Å². The molecule has 5 aromatic rings. The van der Waals surface area contributed by atoms with Crippen LogP contribution < -0.4 is 5.32 Å². The highest BCUT2D eigenvalue weighted by Crippen LogP contribution is 2.30. The predicted octanol–water partition coefficient (Wildman–Crippen LogP) is 6.73. The van der Waals surface area contributed by atoms with Crippen LogP contribution in [-0.2, 0) is 0 Å². The monoisotopic (exact) mass is 429 g/mol. The smallest absolute Gasteiger partial charge is 0.258 e. The van der Waals surface area contributed by atoms with Gasteiger partial charge in [0.25, 0.3) is 5.91 Å². The molecule has 0 bridgehead atoms. The summed E-state index contributed by atoms with van der Waals surface area (Å²) in [5.41, 5.74) is 5.02. The second-order valence-corrected chi connectivity index (χ2v) is 8.49. The first-order valence-corrected chi connectivity index (χ1v) is 10.6. The Hall–Kier alpha value is -3.28. The molecule has 0 fully saturated rings. The minimum atomic E-state index is -0.215. The third-order valence-electron chi connectivity index (χ3n) is 4.85. The molecule has 1 amide bonds. The first-order chi connectivity index (χ1) is 14.6. The number of hydrogen-bond donors (Lipinski definition) is 1. The summed E-state index contributed by atoms with van der Waals surface area (Å²) in [6.45, 7) is 2.04. The Morgan fingerprint density at radius 3 is 2.67 bits per heavy atom. The van der Waals surface area contributed by atoms with Crippen molar-refractivity contribution in [1.29, 1.82) is 0 Å². The molecule has 5 rings (SSSR count). The average molecular weight is 430 g/mol. The number of thiazole rings is 1. The first kappa shape index (κ1) is 18.7. The number of carbonyl (C=O) groups is 1. The molecule has 0 saturated heterocycles. The SMILES string of the molecule is Cc1cccc(-c2cc(C(=O)Nc3nc4ccc(Cl)cc4s3)c3ccccc3n2)c1. The van der Waals surface area contributed by atoms with Crippen LogP contribution in [0.1, 0.15) is 15.9 Å². The highest BCUT2D eigenvalue weighted by molar-refractivity contribution is 7.22. The number of pyridine rings is 1. The number of nitrogens with one attached hydrogen (secondary N) is 1. The fraction of sp³-hybridized carbons (Fsp3) is 0.0417. The normalized spacial score (nSPS) is 11.1. The van der Waals surface area contributed by atoms with Crippen molar-refractivity contribution in [3.05, 3.63) is 88.9 Å². The molecule has 0 unspecified atom stereocenters. The van der Waals surface area contributed by atoms with Gasteiger partial charge in [-0.2, -0.15) is 0 Å². The highest BCUT2D eigenvalue weighted by atomic mass is 35.5. The van der Waals surface area contributed by atoms with Gasteiger partial charge in [0, 0.05) is 16.0 Å². The fourth-order valence-corrected chi connectivity index (χ4v) is 4.57. The van der Waals surface area contributed by atoms with E-state index < -0.39 is 0 Å². The summed E-state index contributed by atoms with van der Waals surface area (Å²) in [6.07, 6.45) is 0. The maximum Gasteiger partial charge on any atom is 0.258 e. The van der Waals surface area contributed by atoms with Crippen LogP contribution in [0.4, 0.5) is 5.13 Å². The van der Waals surface area contributed by atoms with Gasteiger partial charge in [0.2, 0.25) is 0 Å². The minimum absolute atomic E-state index is 0.215. The van der Waals surface area contributed by atoms with E-state index in [0.717, 1.165) is 37.9 Å². The van der Waals surface area contributed by atoms with Gasteiger partial charge >= 0.3 is 0 Å². The van der Waals surface area contributed by atoms with Crippen molar-refractivity contribution in [3.63, 3.8) is 0 Å². The maximum absolute atomic E-state index is 13.2. The molecular weight excluding hydrogens is 414 g/mol. The van der Waals surface area contributed by atoms with Crippen molar-refractivity contribution in [2.45, 2.75) is 6.92 Å². The zero-order valence-corrected chi connectivity index (χ0v) is 17.6. The van der Waals surface area contributed by atoms with Crippen LogP contribution in [0, 0.1) is 6.92 Å². The third-order valence-corrected chi connectivity index (χ3v) is 6.01. The van der Waals surface area contributed by atoms with Crippen LogP contribution in [0.25, 0.3) is 32.4 Å². The number of hydrogen-bond acceptors (Lipinski definition) is 4. The van der Waals surface area contributed by atoms with E-state index in [9.17, 15) is 4.79 Å². The van der Waals surface area contributed by atoms with Crippen LogP contribution >= 0.6 is 22.9 Å². The van der Waals surface area contributed by atoms with E-state index in [1.54, 1.807) is 6.07 Å². The van der Waals surface area contributed by atoms with Crippen molar-refractivity contribution in [3.8, 4) is 11.3 Å². The molecule has 146 valence electrons. The molecule has 0 spiro atoms. The molecular formula is C24H16ClN3OS. The minimum Gasteiger partial charge on any atom is -0.298 e. The van der Waals surface area contributed by atoms with E-state index in [2.05, 4.69) is 16.4 Å². The highest BCUT2D eigenvalue weighted by Gasteiger charge is 2.16. The molecule has 0 radical (unpaired) electrons. The Balaban J connectivity index is 1.58. The zero-order valence-electron chi connectivity index (χ0n) is 16.0. The number of halogens is 1. The maximum atomic E-state index is 13.2. The molecule has 6 heteroatoms. The van der Waals surface area contributed by atoms with Gasteiger partial charge in [-0.1, -0.05) is 64.9 Å². The lowest BCUT2D eigenvalue weighted by atomic mass is 10.0. The molecule has 30 heavy (non-hydrogen) atoms. The van der Waals surface area contributed by atoms with Crippen LogP contribution in [0.15, 0.2) is 72.8 Å². The summed E-state index contributed by atoms with van der Waals surface area (Å²) >= 11 is 7.47. The zero-order chi connectivity index (χ0) is 20.7. The van der Waals surface area contributed by atoms with Crippen LogP contribution in [0.5, 0.6) is 0 Å². The molecule has 3 aromatic carbocycles. The van der Waals surface area contributed by atoms with E-state index in [0.29, 0.717) is 15.7 Å². The van der Waals surface area contributed by atoms with E-state index in [1.165, 1.54) is 11.3 Å². The molecule has 0 aliphatic heterocycles. The van der Waals surface area contributed by atoms with E-state index in [-0.39, 0.29) is 5.91 Å². The molecule has 2 heterocycles. The first-order valence-electron chi connectivity index (χ1n) is 9.41. The summed E-state index contributed by atoms with van der Waals surface area (Å²) in [7, 11) is 0. The standard InChI is InChI=1S/C24H16ClN3OS/c1-14-5-4-6-15(11-14)21-13-18(17-7-2-3-8-19(17)26-21)23(29)28-24-27-20-10-9-16(25)12-22(20)30-24/h2-13H,1H3,(H,27,28,29). The number of fused-ring (bicyclic) bond motifs is 2. The third kappa shape index (κ3) is 3.54. The molecule has 0 atom stereocenters. The summed E-state index contributed by atoms with van der Waals surface area (Å²) in [5, 5.41) is 4.93. The second-order valence-electron chi connectivity index (χ2n) is 7.03. The lowest BCUT2D eigenvalue weighted by molar-refractivity contribution is 0.102. The number of rotatable bonds is 3. The lowest BCUT2D eigenvalue weighted by Crippen LogP contribution is -2.13. The Kier molecular flexibility index (Phi) is 4.69. The topological polar surface area (TPSA) is 54.9 Å². The van der Waals surface area contributed by atoms with Gasteiger partial charge in [-0.15, -0.1) is 0 Å². The van der Waals surface area contributed by atoms with Crippen LogP contribution in [-0.4, -0.2) is 15.9 Å². The van der Waals surface area contributed by atoms with Crippen LogP contribution in [0.3, 0.4) is 0 Å². The number of amides is 1.